The molecule has 164 valence electrons. The molecule has 0 unspecified atom stereocenters. The van der Waals surface area contributed by atoms with Gasteiger partial charge >= 0.3 is 0 Å². The smallest absolute Gasteiger partial charge is 0.298 e. The number of hydrazone groups is 1. The molecule has 1 amide bonds. The summed E-state index contributed by atoms with van der Waals surface area (Å²) in [7, 11) is 4.01. The zero-order valence-electron chi connectivity index (χ0n) is 19.5. The lowest BCUT2D eigenvalue weighted by Gasteiger charge is -2.28. The molecule has 0 saturated heterocycles. The van der Waals surface area contributed by atoms with Crippen LogP contribution in [0, 0.1) is 5.41 Å². The van der Waals surface area contributed by atoms with Crippen molar-refractivity contribution in [2.24, 2.45) is 15.5 Å². The van der Waals surface area contributed by atoms with Crippen LogP contribution in [0.25, 0.3) is 6.08 Å². The van der Waals surface area contributed by atoms with Crippen molar-refractivity contribution < 1.29 is 4.79 Å². The van der Waals surface area contributed by atoms with Crippen molar-refractivity contribution in [3.63, 3.8) is 0 Å². The average Bonchev–Trinajstić information content (AvgIpc) is 3.03. The van der Waals surface area contributed by atoms with Gasteiger partial charge in [0.2, 0.25) is 0 Å². The Balaban J connectivity index is 1.72. The molecule has 0 aromatic heterocycles. The van der Waals surface area contributed by atoms with Gasteiger partial charge in [-0.15, -0.1) is 0 Å². The first-order valence-corrected chi connectivity index (χ1v) is 10.9. The first-order valence-electron chi connectivity index (χ1n) is 10.9. The predicted octanol–water partition coefficient (Wildman–Crippen LogP) is 5.50. The SMILES string of the molecule is CC1=CC(C)(C)CC(=NN2C(=O)C(=Cc3ccc(N(C)C)cc3)N=C2c2ccccc2)C1. The lowest BCUT2D eigenvalue weighted by Crippen LogP contribution is -2.31. The third-order valence-corrected chi connectivity index (χ3v) is 5.60. The second kappa shape index (κ2) is 8.58. The van der Waals surface area contributed by atoms with Gasteiger partial charge < -0.3 is 4.90 Å². The zero-order chi connectivity index (χ0) is 22.9. The van der Waals surface area contributed by atoms with E-state index >= 15 is 0 Å². The molecule has 0 radical (unpaired) electrons. The van der Waals surface area contributed by atoms with Gasteiger partial charge in [-0.25, -0.2) is 4.99 Å². The molecule has 1 aliphatic carbocycles. The van der Waals surface area contributed by atoms with E-state index in [1.807, 2.05) is 79.7 Å². The Kier molecular flexibility index (Phi) is 5.83. The monoisotopic (exact) mass is 426 g/mol. The van der Waals surface area contributed by atoms with Gasteiger partial charge in [0.25, 0.3) is 5.91 Å². The summed E-state index contributed by atoms with van der Waals surface area (Å²) in [5.41, 5.74) is 5.62. The summed E-state index contributed by atoms with van der Waals surface area (Å²) in [5, 5.41) is 6.32. The molecular weight excluding hydrogens is 396 g/mol. The summed E-state index contributed by atoms with van der Waals surface area (Å²) in [6, 6.07) is 17.8. The number of aliphatic imine (C=N–C) groups is 1. The van der Waals surface area contributed by atoms with Gasteiger partial charge in [-0.3, -0.25) is 4.79 Å². The van der Waals surface area contributed by atoms with E-state index in [2.05, 4.69) is 26.8 Å². The topological polar surface area (TPSA) is 48.3 Å². The van der Waals surface area contributed by atoms with Gasteiger partial charge in [0.15, 0.2) is 5.84 Å². The van der Waals surface area contributed by atoms with Crippen LogP contribution < -0.4 is 4.90 Å². The second-order valence-electron chi connectivity index (χ2n) is 9.43. The predicted molar refractivity (Wildman–Crippen MR) is 133 cm³/mol. The molecule has 0 spiro atoms. The van der Waals surface area contributed by atoms with E-state index in [1.165, 1.54) is 10.6 Å². The maximum Gasteiger partial charge on any atom is 0.298 e. The number of rotatable bonds is 4. The van der Waals surface area contributed by atoms with Crippen molar-refractivity contribution in [1.29, 1.82) is 0 Å². The van der Waals surface area contributed by atoms with Gasteiger partial charge in [-0.1, -0.05) is 68.0 Å². The Morgan fingerprint density at radius 1 is 1.06 bits per heavy atom. The number of benzene rings is 2. The van der Waals surface area contributed by atoms with Gasteiger partial charge in [-0.2, -0.15) is 10.1 Å². The first-order chi connectivity index (χ1) is 15.2. The molecule has 32 heavy (non-hydrogen) atoms. The van der Waals surface area contributed by atoms with Crippen molar-refractivity contribution in [3.8, 4) is 0 Å². The van der Waals surface area contributed by atoms with E-state index in [0.29, 0.717) is 11.5 Å². The summed E-state index contributed by atoms with van der Waals surface area (Å²) in [4.78, 5) is 20.2. The fraction of sp³-hybridized carbons (Fsp3) is 0.296. The van der Waals surface area contributed by atoms with Crippen LogP contribution in [0.2, 0.25) is 0 Å². The third-order valence-electron chi connectivity index (χ3n) is 5.60. The summed E-state index contributed by atoms with van der Waals surface area (Å²) in [6.07, 6.45) is 5.73. The Bertz CT molecular complexity index is 1140. The Morgan fingerprint density at radius 2 is 1.75 bits per heavy atom. The molecule has 5 heteroatoms. The second-order valence-corrected chi connectivity index (χ2v) is 9.43. The van der Waals surface area contributed by atoms with Crippen LogP contribution in [0.4, 0.5) is 5.69 Å². The first kappa shape index (κ1) is 21.8. The molecule has 0 bridgehead atoms. The van der Waals surface area contributed by atoms with E-state index in [-0.39, 0.29) is 11.3 Å². The van der Waals surface area contributed by atoms with Crippen LogP contribution in [-0.4, -0.2) is 36.6 Å². The van der Waals surface area contributed by atoms with Crippen LogP contribution in [0.15, 0.2) is 82.0 Å². The van der Waals surface area contributed by atoms with Crippen molar-refractivity contribution in [3.05, 3.63) is 83.1 Å². The Morgan fingerprint density at radius 3 is 2.38 bits per heavy atom. The lowest BCUT2D eigenvalue weighted by atomic mass is 9.79. The Labute approximate surface area is 190 Å². The number of carbonyl (C=O) groups is 1. The molecule has 4 rings (SSSR count). The summed E-state index contributed by atoms with van der Waals surface area (Å²) >= 11 is 0. The normalized spacial score (nSPS) is 20.5. The molecule has 0 atom stereocenters. The van der Waals surface area contributed by atoms with Crippen molar-refractivity contribution in [2.75, 3.05) is 19.0 Å². The number of nitrogens with zero attached hydrogens (tertiary/aromatic N) is 4. The van der Waals surface area contributed by atoms with E-state index in [0.717, 1.165) is 35.4 Å². The highest BCUT2D eigenvalue weighted by Gasteiger charge is 2.33. The van der Waals surface area contributed by atoms with Crippen molar-refractivity contribution >= 4 is 29.2 Å². The number of hydrogen-bond acceptors (Lipinski definition) is 4. The minimum absolute atomic E-state index is 0.0286. The van der Waals surface area contributed by atoms with Gasteiger partial charge in [0.05, 0.1) is 0 Å². The molecule has 2 aliphatic rings. The summed E-state index contributed by atoms with van der Waals surface area (Å²) < 4.78 is 0. The minimum atomic E-state index is -0.196. The maximum absolute atomic E-state index is 13.4. The van der Waals surface area contributed by atoms with Crippen molar-refractivity contribution in [2.45, 2.75) is 33.6 Å². The third kappa shape index (κ3) is 4.72. The van der Waals surface area contributed by atoms with Crippen LogP contribution in [-0.2, 0) is 4.79 Å². The molecule has 0 saturated carbocycles. The van der Waals surface area contributed by atoms with Gasteiger partial charge in [0, 0.05) is 37.5 Å². The largest absolute Gasteiger partial charge is 0.378 e. The molecule has 1 heterocycles. The lowest BCUT2D eigenvalue weighted by molar-refractivity contribution is -0.122. The minimum Gasteiger partial charge on any atom is -0.378 e. The highest BCUT2D eigenvalue weighted by atomic mass is 16.2. The number of carbonyl (C=O) groups excluding carboxylic acids is 1. The number of amidine groups is 1. The van der Waals surface area contributed by atoms with Crippen LogP contribution >= 0.6 is 0 Å². The van der Waals surface area contributed by atoms with E-state index < -0.39 is 0 Å². The number of allylic oxidation sites excluding steroid dienone is 2. The fourth-order valence-electron chi connectivity index (χ4n) is 4.29. The number of amides is 1. The summed E-state index contributed by atoms with van der Waals surface area (Å²) in [6.45, 7) is 6.52. The molecule has 5 nitrogen and oxygen atoms in total. The molecule has 1 aliphatic heterocycles. The molecule has 0 fully saturated rings. The molecule has 0 N–H and O–H groups in total. The number of hydrogen-bond donors (Lipinski definition) is 0. The standard InChI is InChI=1S/C27H30N4O/c1-19-15-22(18-27(2,3)17-19)29-31-25(21-9-7-6-8-10-21)28-24(26(31)32)16-20-11-13-23(14-12-20)30(4)5/h6-14,16-17H,15,18H2,1-5H3. The average molecular weight is 427 g/mol. The molecule has 2 aromatic carbocycles. The maximum atomic E-state index is 13.4. The molecule has 2 aromatic rings. The Hall–Kier alpha value is -3.47. The van der Waals surface area contributed by atoms with E-state index in [4.69, 9.17) is 10.1 Å². The summed E-state index contributed by atoms with van der Waals surface area (Å²) in [5.74, 6) is 0.377. The fourth-order valence-corrected chi connectivity index (χ4v) is 4.29. The highest BCUT2D eigenvalue weighted by Crippen LogP contribution is 2.32. The van der Waals surface area contributed by atoms with E-state index in [9.17, 15) is 4.79 Å². The van der Waals surface area contributed by atoms with Crippen molar-refractivity contribution in [1.82, 2.24) is 5.01 Å². The van der Waals surface area contributed by atoms with Gasteiger partial charge in [-0.05, 0) is 42.5 Å². The highest BCUT2D eigenvalue weighted by molar-refractivity contribution is 6.20. The van der Waals surface area contributed by atoms with Gasteiger partial charge in [0.1, 0.15) is 5.70 Å². The van der Waals surface area contributed by atoms with E-state index in [1.54, 1.807) is 0 Å². The zero-order valence-corrected chi connectivity index (χ0v) is 19.5. The van der Waals surface area contributed by atoms with Crippen LogP contribution in [0.5, 0.6) is 0 Å². The quantitative estimate of drug-likeness (QED) is 0.478. The van der Waals surface area contributed by atoms with Crippen LogP contribution in [0.1, 0.15) is 44.7 Å². The van der Waals surface area contributed by atoms with Crippen LogP contribution in [0.3, 0.4) is 0 Å². The number of anilines is 1. The molecular formula is C27H30N4O.